The van der Waals surface area contributed by atoms with Crippen LogP contribution in [0.3, 0.4) is 0 Å². The fraction of sp³-hybridized carbons (Fsp3) is 0.692. The third-order valence-electron chi connectivity index (χ3n) is 3.61. The first-order valence-electron chi connectivity index (χ1n) is 6.78. The monoisotopic (exact) mass is 250 g/mol. The topological polar surface area (TPSA) is 72.9 Å². The second-order valence-corrected chi connectivity index (χ2v) is 4.97. The molecule has 1 fully saturated rings. The zero-order valence-electron chi connectivity index (χ0n) is 10.7. The molecule has 18 heavy (non-hydrogen) atoms. The van der Waals surface area contributed by atoms with Gasteiger partial charge in [0.25, 0.3) is 0 Å². The van der Waals surface area contributed by atoms with E-state index in [1.54, 1.807) is 6.20 Å². The molecule has 2 unspecified atom stereocenters. The number of hydrogen-bond donors (Lipinski definition) is 2. The molecule has 1 saturated carbocycles. The van der Waals surface area contributed by atoms with E-state index in [1.165, 1.54) is 6.42 Å². The standard InChI is InChI=1S/C13H22N4O/c14-12-6-3-1-2-5-11(12)13(18)15-8-10-17-9-4-7-16-17/h4,7,9,11-12H,1-3,5-6,8,10,14H2,(H,15,18). The number of carbonyl (C=O) groups excluding carboxylic acids is 1. The number of amides is 1. The SMILES string of the molecule is NC1CCCCCC1C(=O)NCCn1cccn1. The Bertz CT molecular complexity index is 363. The Kier molecular flexibility index (Phi) is 4.75. The average Bonchev–Trinajstić information content (AvgIpc) is 2.77. The zero-order valence-corrected chi connectivity index (χ0v) is 10.7. The number of nitrogens with two attached hydrogens (primary N) is 1. The minimum Gasteiger partial charge on any atom is -0.354 e. The number of carbonyl (C=O) groups is 1. The van der Waals surface area contributed by atoms with Crippen LogP contribution in [0.25, 0.3) is 0 Å². The normalized spacial score (nSPS) is 24.5. The molecular weight excluding hydrogens is 228 g/mol. The molecule has 0 saturated heterocycles. The van der Waals surface area contributed by atoms with Gasteiger partial charge in [0.15, 0.2) is 0 Å². The van der Waals surface area contributed by atoms with E-state index in [1.807, 2.05) is 16.9 Å². The van der Waals surface area contributed by atoms with Gasteiger partial charge in [-0.3, -0.25) is 9.48 Å². The van der Waals surface area contributed by atoms with Crippen molar-refractivity contribution in [3.63, 3.8) is 0 Å². The van der Waals surface area contributed by atoms with Crippen molar-refractivity contribution in [2.24, 2.45) is 11.7 Å². The predicted molar refractivity (Wildman–Crippen MR) is 69.8 cm³/mol. The van der Waals surface area contributed by atoms with E-state index < -0.39 is 0 Å². The third kappa shape index (κ3) is 3.57. The van der Waals surface area contributed by atoms with Crippen LogP contribution in [0.15, 0.2) is 18.5 Å². The Balaban J connectivity index is 1.76. The van der Waals surface area contributed by atoms with Gasteiger partial charge < -0.3 is 11.1 Å². The van der Waals surface area contributed by atoms with E-state index in [-0.39, 0.29) is 17.9 Å². The van der Waals surface area contributed by atoms with E-state index in [0.717, 1.165) is 25.7 Å². The summed E-state index contributed by atoms with van der Waals surface area (Å²) in [5.41, 5.74) is 6.07. The predicted octanol–water partition coefficient (Wildman–Crippen LogP) is 0.907. The van der Waals surface area contributed by atoms with Gasteiger partial charge in [-0.1, -0.05) is 19.3 Å². The summed E-state index contributed by atoms with van der Waals surface area (Å²) in [7, 11) is 0. The summed E-state index contributed by atoms with van der Waals surface area (Å²) >= 11 is 0. The Morgan fingerprint density at radius 2 is 2.22 bits per heavy atom. The first-order valence-corrected chi connectivity index (χ1v) is 6.78. The van der Waals surface area contributed by atoms with E-state index in [4.69, 9.17) is 5.73 Å². The Labute approximate surface area is 108 Å². The summed E-state index contributed by atoms with van der Waals surface area (Å²) in [4.78, 5) is 12.1. The summed E-state index contributed by atoms with van der Waals surface area (Å²) in [6.45, 7) is 1.32. The van der Waals surface area contributed by atoms with Crippen molar-refractivity contribution in [2.75, 3.05) is 6.54 Å². The summed E-state index contributed by atoms with van der Waals surface area (Å²) in [6.07, 6.45) is 8.99. The Hall–Kier alpha value is -1.36. The average molecular weight is 250 g/mol. The lowest BCUT2D eigenvalue weighted by Crippen LogP contribution is -2.42. The van der Waals surface area contributed by atoms with Crippen LogP contribution in [0.5, 0.6) is 0 Å². The highest BCUT2D eigenvalue weighted by atomic mass is 16.1. The van der Waals surface area contributed by atoms with Crippen molar-refractivity contribution in [1.82, 2.24) is 15.1 Å². The molecule has 1 amide bonds. The fourth-order valence-corrected chi connectivity index (χ4v) is 2.52. The molecule has 0 bridgehead atoms. The molecule has 0 aliphatic heterocycles. The molecule has 0 aromatic carbocycles. The molecule has 1 aliphatic carbocycles. The molecule has 100 valence electrons. The maximum atomic E-state index is 12.1. The minimum atomic E-state index is -0.00915. The van der Waals surface area contributed by atoms with Crippen molar-refractivity contribution < 1.29 is 4.79 Å². The molecule has 2 atom stereocenters. The number of nitrogens with one attached hydrogen (secondary N) is 1. The lowest BCUT2D eigenvalue weighted by molar-refractivity contribution is -0.125. The molecular formula is C13H22N4O. The molecule has 5 nitrogen and oxygen atoms in total. The lowest BCUT2D eigenvalue weighted by Gasteiger charge is -2.20. The first-order chi connectivity index (χ1) is 8.77. The van der Waals surface area contributed by atoms with Gasteiger partial charge in [0, 0.05) is 25.0 Å². The van der Waals surface area contributed by atoms with Crippen LogP contribution < -0.4 is 11.1 Å². The van der Waals surface area contributed by atoms with Crippen molar-refractivity contribution in [3.8, 4) is 0 Å². The van der Waals surface area contributed by atoms with E-state index in [0.29, 0.717) is 13.1 Å². The van der Waals surface area contributed by atoms with Gasteiger partial charge in [0.2, 0.25) is 5.91 Å². The van der Waals surface area contributed by atoms with Gasteiger partial charge in [0.05, 0.1) is 12.5 Å². The van der Waals surface area contributed by atoms with Crippen molar-refractivity contribution in [2.45, 2.75) is 44.7 Å². The highest BCUT2D eigenvalue weighted by Gasteiger charge is 2.26. The van der Waals surface area contributed by atoms with Crippen molar-refractivity contribution >= 4 is 5.91 Å². The number of aromatic nitrogens is 2. The highest BCUT2D eigenvalue weighted by molar-refractivity contribution is 5.79. The van der Waals surface area contributed by atoms with Crippen LogP contribution >= 0.6 is 0 Å². The van der Waals surface area contributed by atoms with Gasteiger partial charge in [-0.15, -0.1) is 0 Å². The van der Waals surface area contributed by atoms with Crippen molar-refractivity contribution in [3.05, 3.63) is 18.5 Å². The largest absolute Gasteiger partial charge is 0.354 e. The Morgan fingerprint density at radius 1 is 1.39 bits per heavy atom. The second-order valence-electron chi connectivity index (χ2n) is 4.97. The first kappa shape index (κ1) is 13.1. The van der Waals surface area contributed by atoms with Gasteiger partial charge in [-0.25, -0.2) is 0 Å². The highest BCUT2D eigenvalue weighted by Crippen LogP contribution is 2.22. The molecule has 0 radical (unpaired) electrons. The molecule has 2 rings (SSSR count). The molecule has 1 aromatic heterocycles. The molecule has 5 heteroatoms. The van der Waals surface area contributed by atoms with E-state index in [2.05, 4.69) is 10.4 Å². The van der Waals surface area contributed by atoms with Gasteiger partial charge in [-0.05, 0) is 18.9 Å². The van der Waals surface area contributed by atoms with Gasteiger partial charge >= 0.3 is 0 Å². The summed E-state index contributed by atoms with van der Waals surface area (Å²) in [5.74, 6) is 0.0988. The van der Waals surface area contributed by atoms with Gasteiger partial charge in [0.1, 0.15) is 0 Å². The second kappa shape index (κ2) is 6.54. The Morgan fingerprint density at radius 3 is 3.00 bits per heavy atom. The molecule has 0 spiro atoms. The van der Waals surface area contributed by atoms with Crippen LogP contribution in [0, 0.1) is 5.92 Å². The maximum Gasteiger partial charge on any atom is 0.224 e. The zero-order chi connectivity index (χ0) is 12.8. The van der Waals surface area contributed by atoms with Crippen LogP contribution in [-0.4, -0.2) is 28.3 Å². The number of hydrogen-bond acceptors (Lipinski definition) is 3. The lowest BCUT2D eigenvalue weighted by atomic mass is 9.95. The van der Waals surface area contributed by atoms with Gasteiger partial charge in [-0.2, -0.15) is 5.10 Å². The molecule has 1 heterocycles. The molecule has 1 aliphatic rings. The summed E-state index contributed by atoms with van der Waals surface area (Å²) in [6, 6.07) is 1.90. The van der Waals surface area contributed by atoms with Crippen LogP contribution in [0.4, 0.5) is 0 Å². The third-order valence-corrected chi connectivity index (χ3v) is 3.61. The minimum absolute atomic E-state index is 0.00915. The quantitative estimate of drug-likeness (QED) is 0.780. The van der Waals surface area contributed by atoms with Crippen LogP contribution in [0.2, 0.25) is 0 Å². The summed E-state index contributed by atoms with van der Waals surface area (Å²) in [5, 5.41) is 7.07. The smallest absolute Gasteiger partial charge is 0.224 e. The van der Waals surface area contributed by atoms with E-state index >= 15 is 0 Å². The maximum absolute atomic E-state index is 12.1. The molecule has 3 N–H and O–H groups in total. The number of nitrogens with zero attached hydrogens (tertiary/aromatic N) is 2. The van der Waals surface area contributed by atoms with E-state index in [9.17, 15) is 4.79 Å². The molecule has 1 aromatic rings. The summed E-state index contributed by atoms with van der Waals surface area (Å²) < 4.78 is 1.81. The van der Waals surface area contributed by atoms with Crippen LogP contribution in [-0.2, 0) is 11.3 Å². The number of rotatable bonds is 4. The van der Waals surface area contributed by atoms with Crippen LogP contribution in [0.1, 0.15) is 32.1 Å². The van der Waals surface area contributed by atoms with Crippen molar-refractivity contribution in [1.29, 1.82) is 0 Å². The fourth-order valence-electron chi connectivity index (χ4n) is 2.52.